The second-order valence-corrected chi connectivity index (χ2v) is 11.2. The van der Waals surface area contributed by atoms with Crippen molar-refractivity contribution in [1.29, 1.82) is 0 Å². The molecule has 0 N–H and O–H groups in total. The van der Waals surface area contributed by atoms with Crippen LogP contribution in [0.3, 0.4) is 0 Å². The predicted octanol–water partition coefficient (Wildman–Crippen LogP) is 8.36. The zero-order valence-electron chi connectivity index (χ0n) is 26.9. The highest BCUT2D eigenvalue weighted by atomic mass is 16.5. The van der Waals surface area contributed by atoms with Gasteiger partial charge < -0.3 is 18.9 Å². The van der Waals surface area contributed by atoms with Crippen LogP contribution in [-0.2, 0) is 34.0 Å². The molecule has 7 nitrogen and oxygen atoms in total. The van der Waals surface area contributed by atoms with Crippen molar-refractivity contribution in [2.45, 2.75) is 40.6 Å². The van der Waals surface area contributed by atoms with Gasteiger partial charge in [0, 0.05) is 0 Å². The highest BCUT2D eigenvalue weighted by molar-refractivity contribution is 5.92. The maximum absolute atomic E-state index is 12.7. The minimum atomic E-state index is -0.447. The van der Waals surface area contributed by atoms with Crippen molar-refractivity contribution >= 4 is 17.9 Å². The summed E-state index contributed by atoms with van der Waals surface area (Å²) in [5.41, 5.74) is 8.75. The molecular formula is C40H36O7. The molecule has 0 saturated carbocycles. The first-order chi connectivity index (χ1) is 22.7. The first-order valence-corrected chi connectivity index (χ1v) is 15.2. The molecule has 0 spiro atoms. The SMILES string of the molecule is COC(=O)c1cc(C)c(-c2cc(OCc3ccc(COC(=O)c4ccccc4)c(COC(=O)c4ccccc4)c3)ccc2C)c(C)c1. The summed E-state index contributed by atoms with van der Waals surface area (Å²) in [4.78, 5) is 37.5. The average Bonchev–Trinajstić information content (AvgIpc) is 3.10. The summed E-state index contributed by atoms with van der Waals surface area (Å²) in [7, 11) is 1.38. The Bertz CT molecular complexity index is 1870. The van der Waals surface area contributed by atoms with E-state index in [-0.39, 0.29) is 25.8 Å². The van der Waals surface area contributed by atoms with Crippen molar-refractivity contribution in [1.82, 2.24) is 0 Å². The van der Waals surface area contributed by atoms with E-state index in [1.165, 1.54) is 7.11 Å². The van der Waals surface area contributed by atoms with E-state index < -0.39 is 11.9 Å². The van der Waals surface area contributed by atoms with Crippen molar-refractivity contribution in [2.75, 3.05) is 7.11 Å². The van der Waals surface area contributed by atoms with Gasteiger partial charge in [0.15, 0.2) is 0 Å². The normalized spacial score (nSPS) is 10.6. The number of carbonyl (C=O) groups excluding carboxylic acids is 3. The molecule has 0 fully saturated rings. The molecule has 0 aliphatic carbocycles. The molecule has 0 aliphatic rings. The van der Waals surface area contributed by atoms with Gasteiger partial charge in [-0.25, -0.2) is 14.4 Å². The Hall–Kier alpha value is -5.69. The lowest BCUT2D eigenvalue weighted by atomic mass is 9.91. The third-order valence-electron chi connectivity index (χ3n) is 7.84. The molecule has 0 amide bonds. The molecule has 0 aromatic heterocycles. The molecule has 5 aromatic rings. The topological polar surface area (TPSA) is 88.1 Å². The van der Waals surface area contributed by atoms with Gasteiger partial charge >= 0.3 is 17.9 Å². The summed E-state index contributed by atoms with van der Waals surface area (Å²) >= 11 is 0. The number of ether oxygens (including phenoxy) is 4. The number of hydrogen-bond acceptors (Lipinski definition) is 7. The highest BCUT2D eigenvalue weighted by Crippen LogP contribution is 2.34. The van der Waals surface area contributed by atoms with Crippen LogP contribution >= 0.6 is 0 Å². The fourth-order valence-corrected chi connectivity index (χ4v) is 5.40. The number of carbonyl (C=O) groups is 3. The van der Waals surface area contributed by atoms with Gasteiger partial charge in [0.2, 0.25) is 0 Å². The summed E-state index contributed by atoms with van der Waals surface area (Å²) in [6.07, 6.45) is 0. The highest BCUT2D eigenvalue weighted by Gasteiger charge is 2.16. The predicted molar refractivity (Wildman–Crippen MR) is 179 cm³/mol. The van der Waals surface area contributed by atoms with E-state index in [0.717, 1.165) is 38.9 Å². The molecule has 0 radical (unpaired) electrons. The number of methoxy groups -OCH3 is 1. The van der Waals surface area contributed by atoms with E-state index in [0.29, 0.717) is 28.0 Å². The first-order valence-electron chi connectivity index (χ1n) is 15.2. The van der Waals surface area contributed by atoms with Crippen molar-refractivity contribution in [2.24, 2.45) is 0 Å². The molecule has 0 saturated heterocycles. The lowest BCUT2D eigenvalue weighted by Gasteiger charge is -2.17. The van der Waals surface area contributed by atoms with Crippen molar-refractivity contribution in [3.63, 3.8) is 0 Å². The minimum absolute atomic E-state index is 0.00537. The number of aryl methyl sites for hydroxylation is 3. The molecule has 0 unspecified atom stereocenters. The van der Waals surface area contributed by atoms with Crippen LogP contribution in [0.5, 0.6) is 5.75 Å². The second-order valence-electron chi connectivity index (χ2n) is 11.2. The van der Waals surface area contributed by atoms with Crippen molar-refractivity contribution < 1.29 is 33.3 Å². The van der Waals surface area contributed by atoms with Crippen LogP contribution < -0.4 is 4.74 Å². The third-order valence-corrected chi connectivity index (χ3v) is 7.84. The quantitative estimate of drug-likeness (QED) is 0.107. The Balaban J connectivity index is 1.35. The fraction of sp³-hybridized carbons (Fsp3) is 0.175. The van der Waals surface area contributed by atoms with E-state index in [4.69, 9.17) is 18.9 Å². The van der Waals surface area contributed by atoms with Gasteiger partial charge in [0.1, 0.15) is 25.6 Å². The largest absolute Gasteiger partial charge is 0.489 e. The van der Waals surface area contributed by atoms with Gasteiger partial charge in [-0.3, -0.25) is 0 Å². The number of hydrogen-bond donors (Lipinski definition) is 0. The minimum Gasteiger partial charge on any atom is -0.489 e. The summed E-state index contributed by atoms with van der Waals surface area (Å²) < 4.78 is 22.4. The van der Waals surface area contributed by atoms with E-state index in [1.807, 2.05) is 81.4 Å². The lowest BCUT2D eigenvalue weighted by molar-refractivity contribution is 0.0435. The van der Waals surface area contributed by atoms with Crippen LogP contribution in [0.1, 0.15) is 64.5 Å². The van der Waals surface area contributed by atoms with Gasteiger partial charge in [-0.1, -0.05) is 54.6 Å². The van der Waals surface area contributed by atoms with Gasteiger partial charge in [0.25, 0.3) is 0 Å². The van der Waals surface area contributed by atoms with Crippen LogP contribution in [-0.4, -0.2) is 25.0 Å². The summed E-state index contributed by atoms with van der Waals surface area (Å²) in [5.74, 6) is -0.576. The first kappa shape index (κ1) is 32.7. The molecule has 0 bridgehead atoms. The lowest BCUT2D eigenvalue weighted by Crippen LogP contribution is -2.10. The van der Waals surface area contributed by atoms with Crippen LogP contribution in [0, 0.1) is 20.8 Å². The van der Waals surface area contributed by atoms with Gasteiger partial charge in [-0.2, -0.15) is 0 Å². The van der Waals surface area contributed by atoms with Crippen LogP contribution in [0.4, 0.5) is 0 Å². The smallest absolute Gasteiger partial charge is 0.338 e. The van der Waals surface area contributed by atoms with Crippen LogP contribution in [0.15, 0.2) is 109 Å². The maximum Gasteiger partial charge on any atom is 0.338 e. The standard InChI is InChI=1S/C40H36O7/c1-26-15-18-35(22-36(26)37-27(2)19-33(20-28(37)3)38(41)44-4)45-23-29-16-17-32(24-46-39(42)30-11-7-5-8-12-30)34(21-29)25-47-40(43)31-13-9-6-10-14-31/h5-22H,23-25H2,1-4H3. The molecule has 5 rings (SSSR count). The Morgan fingerprint density at radius 2 is 1.11 bits per heavy atom. The van der Waals surface area contributed by atoms with Crippen LogP contribution in [0.25, 0.3) is 11.1 Å². The zero-order valence-corrected chi connectivity index (χ0v) is 26.9. The fourth-order valence-electron chi connectivity index (χ4n) is 5.40. The van der Waals surface area contributed by atoms with E-state index in [9.17, 15) is 14.4 Å². The molecule has 238 valence electrons. The van der Waals surface area contributed by atoms with Crippen molar-refractivity contribution in [3.05, 3.63) is 159 Å². The molecule has 0 heterocycles. The summed E-state index contributed by atoms with van der Waals surface area (Å²) in [6, 6.07) is 32.8. The third kappa shape index (κ3) is 8.13. The molecule has 0 aliphatic heterocycles. The van der Waals surface area contributed by atoms with Gasteiger partial charge in [-0.15, -0.1) is 0 Å². The molecule has 0 atom stereocenters. The van der Waals surface area contributed by atoms with Crippen LogP contribution in [0.2, 0.25) is 0 Å². The average molecular weight is 629 g/mol. The maximum atomic E-state index is 12.7. The summed E-state index contributed by atoms with van der Waals surface area (Å²) in [5, 5.41) is 0. The van der Waals surface area contributed by atoms with E-state index in [2.05, 4.69) is 0 Å². The molecule has 7 heteroatoms. The monoisotopic (exact) mass is 628 g/mol. The summed E-state index contributed by atoms with van der Waals surface area (Å²) in [6.45, 7) is 6.26. The Morgan fingerprint density at radius 3 is 1.68 bits per heavy atom. The molecule has 5 aromatic carbocycles. The Morgan fingerprint density at radius 1 is 0.532 bits per heavy atom. The number of rotatable bonds is 11. The Labute approximate surface area is 274 Å². The van der Waals surface area contributed by atoms with Crippen molar-refractivity contribution in [3.8, 4) is 16.9 Å². The number of benzene rings is 5. The molecular weight excluding hydrogens is 592 g/mol. The zero-order chi connectivity index (χ0) is 33.3. The van der Waals surface area contributed by atoms with E-state index in [1.54, 1.807) is 48.5 Å². The van der Waals surface area contributed by atoms with Gasteiger partial charge in [-0.05, 0) is 120 Å². The second kappa shape index (κ2) is 15.1. The number of esters is 3. The van der Waals surface area contributed by atoms with E-state index >= 15 is 0 Å². The van der Waals surface area contributed by atoms with Gasteiger partial charge in [0.05, 0.1) is 23.8 Å². The molecule has 47 heavy (non-hydrogen) atoms. The Kier molecular flexibility index (Phi) is 10.5.